The lowest BCUT2D eigenvalue weighted by molar-refractivity contribution is -0.130. The van der Waals surface area contributed by atoms with Gasteiger partial charge in [-0.05, 0) is 55.5 Å². The van der Waals surface area contributed by atoms with E-state index in [1.807, 2.05) is 11.0 Å². The fourth-order valence-electron chi connectivity index (χ4n) is 2.80. The number of hydrogen-bond acceptors (Lipinski definition) is 3. The van der Waals surface area contributed by atoms with Gasteiger partial charge in [0.05, 0.1) is 6.61 Å². The van der Waals surface area contributed by atoms with Crippen molar-refractivity contribution in [2.45, 2.75) is 40.0 Å². The van der Waals surface area contributed by atoms with Crippen LogP contribution in [-0.2, 0) is 11.2 Å². The topological polar surface area (TPSA) is 41.6 Å². The van der Waals surface area contributed by atoms with Crippen LogP contribution >= 0.6 is 0 Å². The maximum Gasteiger partial charge on any atom is 0.222 e. The van der Waals surface area contributed by atoms with Crippen molar-refractivity contribution in [3.63, 3.8) is 0 Å². The molecule has 1 amide bonds. The number of ether oxygens (including phenoxy) is 1. The van der Waals surface area contributed by atoms with Gasteiger partial charge in [-0.1, -0.05) is 19.9 Å². The molecule has 2 rings (SSSR count). The number of aryl methyl sites for hydroxylation is 2. The van der Waals surface area contributed by atoms with Crippen molar-refractivity contribution in [3.05, 3.63) is 29.3 Å². The summed E-state index contributed by atoms with van der Waals surface area (Å²) in [6.45, 7) is 10.8. The Morgan fingerprint density at radius 3 is 2.87 bits per heavy atom. The van der Waals surface area contributed by atoms with Gasteiger partial charge in [-0.25, -0.2) is 0 Å². The average molecular weight is 318 g/mol. The van der Waals surface area contributed by atoms with Crippen molar-refractivity contribution < 1.29 is 9.53 Å². The van der Waals surface area contributed by atoms with Crippen LogP contribution < -0.4 is 10.1 Å². The van der Waals surface area contributed by atoms with Crippen LogP contribution in [0, 0.1) is 12.8 Å². The lowest BCUT2D eigenvalue weighted by Crippen LogP contribution is -2.34. The SMILES string of the molecule is Cc1cc(OCC(C)C)ccc1CCC(=O)N1CCCNCC1. The van der Waals surface area contributed by atoms with Crippen molar-refractivity contribution in [2.24, 2.45) is 5.92 Å². The molecule has 0 atom stereocenters. The minimum atomic E-state index is 0.272. The van der Waals surface area contributed by atoms with E-state index in [0.717, 1.165) is 51.4 Å². The molecule has 1 aromatic rings. The predicted octanol–water partition coefficient (Wildman–Crippen LogP) is 2.78. The zero-order chi connectivity index (χ0) is 16.7. The summed E-state index contributed by atoms with van der Waals surface area (Å²) in [6, 6.07) is 6.20. The van der Waals surface area contributed by atoms with E-state index < -0.39 is 0 Å². The summed E-state index contributed by atoms with van der Waals surface area (Å²) >= 11 is 0. The molecule has 4 nitrogen and oxygen atoms in total. The fourth-order valence-corrected chi connectivity index (χ4v) is 2.80. The highest BCUT2D eigenvalue weighted by atomic mass is 16.5. The van der Waals surface area contributed by atoms with E-state index in [9.17, 15) is 4.79 Å². The molecule has 0 aromatic heterocycles. The Labute approximate surface area is 140 Å². The summed E-state index contributed by atoms with van der Waals surface area (Å²) in [7, 11) is 0. The standard InChI is InChI=1S/C19H30N2O2/c1-15(2)14-23-18-7-5-17(16(3)13-18)6-8-19(22)21-11-4-9-20-10-12-21/h5,7,13,15,20H,4,6,8-12,14H2,1-3H3. The van der Waals surface area contributed by atoms with Crippen molar-refractivity contribution in [1.29, 1.82) is 0 Å². The minimum Gasteiger partial charge on any atom is -0.493 e. The highest BCUT2D eigenvalue weighted by molar-refractivity contribution is 5.76. The van der Waals surface area contributed by atoms with Crippen LogP contribution in [0.4, 0.5) is 0 Å². The van der Waals surface area contributed by atoms with Gasteiger partial charge in [0, 0.05) is 26.1 Å². The van der Waals surface area contributed by atoms with Crippen molar-refractivity contribution in [2.75, 3.05) is 32.8 Å². The summed E-state index contributed by atoms with van der Waals surface area (Å²) in [5, 5.41) is 3.33. The molecule has 1 aromatic carbocycles. The molecule has 1 aliphatic rings. The van der Waals surface area contributed by atoms with Gasteiger partial charge in [0.1, 0.15) is 5.75 Å². The number of rotatable bonds is 6. The second-order valence-electron chi connectivity index (χ2n) is 6.78. The third kappa shape index (κ3) is 5.87. The maximum atomic E-state index is 12.4. The molecular formula is C19H30N2O2. The van der Waals surface area contributed by atoms with Gasteiger partial charge in [-0.2, -0.15) is 0 Å². The normalized spacial score (nSPS) is 15.6. The summed E-state index contributed by atoms with van der Waals surface area (Å²) in [5.41, 5.74) is 2.44. The Morgan fingerprint density at radius 1 is 1.30 bits per heavy atom. The van der Waals surface area contributed by atoms with Crippen molar-refractivity contribution >= 4 is 5.91 Å². The van der Waals surface area contributed by atoms with E-state index in [1.54, 1.807) is 0 Å². The molecule has 0 spiro atoms. The van der Waals surface area contributed by atoms with Crippen LogP contribution in [0.1, 0.15) is 37.8 Å². The fraction of sp³-hybridized carbons (Fsp3) is 0.632. The van der Waals surface area contributed by atoms with E-state index in [1.165, 1.54) is 11.1 Å². The molecule has 0 saturated carbocycles. The first-order chi connectivity index (χ1) is 11.1. The van der Waals surface area contributed by atoms with Gasteiger partial charge in [0.15, 0.2) is 0 Å². The molecule has 1 saturated heterocycles. The number of carbonyl (C=O) groups is 1. The molecule has 0 bridgehead atoms. The molecule has 1 aliphatic heterocycles. The molecular weight excluding hydrogens is 288 g/mol. The predicted molar refractivity (Wildman–Crippen MR) is 93.9 cm³/mol. The lowest BCUT2D eigenvalue weighted by Gasteiger charge is -2.20. The molecule has 23 heavy (non-hydrogen) atoms. The molecule has 4 heteroatoms. The van der Waals surface area contributed by atoms with Gasteiger partial charge < -0.3 is 15.0 Å². The molecule has 1 heterocycles. The molecule has 0 aliphatic carbocycles. The van der Waals surface area contributed by atoms with Gasteiger partial charge in [-0.3, -0.25) is 4.79 Å². The van der Waals surface area contributed by atoms with Gasteiger partial charge in [0.2, 0.25) is 5.91 Å². The number of amides is 1. The first-order valence-electron chi connectivity index (χ1n) is 8.77. The molecule has 0 radical (unpaired) electrons. The van der Waals surface area contributed by atoms with E-state index in [-0.39, 0.29) is 5.91 Å². The third-order valence-electron chi connectivity index (χ3n) is 4.20. The van der Waals surface area contributed by atoms with Gasteiger partial charge in [-0.15, -0.1) is 0 Å². The van der Waals surface area contributed by atoms with E-state index >= 15 is 0 Å². The summed E-state index contributed by atoms with van der Waals surface area (Å²) in [4.78, 5) is 14.3. The highest BCUT2D eigenvalue weighted by Gasteiger charge is 2.15. The Hall–Kier alpha value is -1.55. The van der Waals surface area contributed by atoms with Crippen molar-refractivity contribution in [1.82, 2.24) is 10.2 Å². The largest absolute Gasteiger partial charge is 0.493 e. The summed E-state index contributed by atoms with van der Waals surface area (Å²) in [5.74, 6) is 1.72. The number of hydrogen-bond donors (Lipinski definition) is 1. The zero-order valence-electron chi connectivity index (χ0n) is 14.7. The van der Waals surface area contributed by atoms with Gasteiger partial charge >= 0.3 is 0 Å². The molecule has 1 fully saturated rings. The molecule has 128 valence electrons. The monoisotopic (exact) mass is 318 g/mol. The second kappa shape index (κ2) is 8.92. The lowest BCUT2D eigenvalue weighted by atomic mass is 10.0. The maximum absolute atomic E-state index is 12.4. The van der Waals surface area contributed by atoms with E-state index in [2.05, 4.69) is 38.2 Å². The zero-order valence-corrected chi connectivity index (χ0v) is 14.7. The number of carbonyl (C=O) groups excluding carboxylic acids is 1. The summed E-state index contributed by atoms with van der Waals surface area (Å²) in [6.07, 6.45) is 2.44. The number of nitrogens with one attached hydrogen (secondary N) is 1. The smallest absolute Gasteiger partial charge is 0.222 e. The Balaban J connectivity index is 1.86. The first kappa shape index (κ1) is 17.8. The third-order valence-corrected chi connectivity index (χ3v) is 4.20. The van der Waals surface area contributed by atoms with E-state index in [0.29, 0.717) is 12.3 Å². The molecule has 1 N–H and O–H groups in total. The Morgan fingerprint density at radius 2 is 2.13 bits per heavy atom. The number of benzene rings is 1. The second-order valence-corrected chi connectivity index (χ2v) is 6.78. The van der Waals surface area contributed by atoms with Crippen LogP contribution in [0.5, 0.6) is 5.75 Å². The molecule has 0 unspecified atom stereocenters. The average Bonchev–Trinajstić information content (AvgIpc) is 2.81. The highest BCUT2D eigenvalue weighted by Crippen LogP contribution is 2.19. The van der Waals surface area contributed by atoms with Crippen LogP contribution in [0.3, 0.4) is 0 Å². The minimum absolute atomic E-state index is 0.272. The Kier molecular flexibility index (Phi) is 6.90. The van der Waals surface area contributed by atoms with Gasteiger partial charge in [0.25, 0.3) is 0 Å². The van der Waals surface area contributed by atoms with Crippen molar-refractivity contribution in [3.8, 4) is 5.75 Å². The van der Waals surface area contributed by atoms with Crippen LogP contribution in [0.2, 0.25) is 0 Å². The van der Waals surface area contributed by atoms with Crippen LogP contribution in [0.25, 0.3) is 0 Å². The number of nitrogens with zero attached hydrogens (tertiary/aromatic N) is 1. The quantitative estimate of drug-likeness (QED) is 0.877. The van der Waals surface area contributed by atoms with E-state index in [4.69, 9.17) is 4.74 Å². The Bertz CT molecular complexity index is 506. The van der Waals surface area contributed by atoms with Crippen LogP contribution in [-0.4, -0.2) is 43.6 Å². The first-order valence-corrected chi connectivity index (χ1v) is 8.77. The summed E-state index contributed by atoms with van der Waals surface area (Å²) < 4.78 is 5.76. The van der Waals surface area contributed by atoms with Crippen LogP contribution in [0.15, 0.2) is 18.2 Å².